The van der Waals surface area contributed by atoms with Gasteiger partial charge in [-0.25, -0.2) is 4.98 Å². The lowest BCUT2D eigenvalue weighted by Crippen LogP contribution is -2.01. The number of methoxy groups -OCH3 is 2. The van der Waals surface area contributed by atoms with E-state index in [2.05, 4.69) is 21.6 Å². The lowest BCUT2D eigenvalue weighted by Gasteiger charge is -2.12. The molecule has 4 rings (SSSR count). The Bertz CT molecular complexity index is 1050. The minimum atomic E-state index is 0.615. The molecule has 0 unspecified atom stereocenters. The summed E-state index contributed by atoms with van der Waals surface area (Å²) in [5.41, 5.74) is 4.42. The van der Waals surface area contributed by atoms with E-state index >= 15 is 0 Å². The van der Waals surface area contributed by atoms with Gasteiger partial charge in [0.1, 0.15) is 17.8 Å². The fraction of sp³-hybridized carbons (Fsp3) is 0.167. The van der Waals surface area contributed by atoms with Gasteiger partial charge in [0, 0.05) is 23.9 Å². The van der Waals surface area contributed by atoms with E-state index in [9.17, 15) is 0 Å². The number of benzene rings is 2. The van der Waals surface area contributed by atoms with Crippen LogP contribution in [0.3, 0.4) is 0 Å². The maximum Gasteiger partial charge on any atom is 0.204 e. The van der Waals surface area contributed by atoms with Crippen LogP contribution in [0.2, 0.25) is 0 Å². The highest BCUT2D eigenvalue weighted by molar-refractivity contribution is 5.84. The molecule has 25 heavy (non-hydrogen) atoms. The van der Waals surface area contributed by atoms with Gasteiger partial charge in [0.15, 0.2) is 5.82 Å². The van der Waals surface area contributed by atoms with E-state index in [0.29, 0.717) is 23.0 Å². The van der Waals surface area contributed by atoms with Crippen molar-refractivity contribution in [3.05, 3.63) is 48.3 Å². The monoisotopic (exact) mass is 335 g/mol. The third-order valence-corrected chi connectivity index (χ3v) is 4.00. The zero-order valence-electron chi connectivity index (χ0n) is 14.1. The van der Waals surface area contributed by atoms with E-state index in [1.807, 2.05) is 41.7 Å². The Balaban J connectivity index is 1.86. The molecule has 7 heteroatoms. The molecule has 0 spiro atoms. The number of anilines is 2. The van der Waals surface area contributed by atoms with E-state index in [-0.39, 0.29) is 0 Å². The molecule has 1 N–H and O–H groups in total. The molecule has 0 radical (unpaired) electrons. The predicted octanol–water partition coefficient (Wildman–Crippen LogP) is 3.35. The molecule has 0 amide bonds. The first-order valence-corrected chi connectivity index (χ1v) is 7.78. The molecule has 0 bridgehead atoms. The third kappa shape index (κ3) is 2.69. The van der Waals surface area contributed by atoms with Crippen molar-refractivity contribution in [2.75, 3.05) is 19.5 Å². The molecular formula is C18H17N5O2. The molecule has 4 aromatic rings. The van der Waals surface area contributed by atoms with E-state index in [1.54, 1.807) is 20.5 Å². The quantitative estimate of drug-likeness (QED) is 0.616. The maximum absolute atomic E-state index is 5.32. The van der Waals surface area contributed by atoms with E-state index in [1.165, 1.54) is 0 Å². The molecule has 2 heterocycles. The summed E-state index contributed by atoms with van der Waals surface area (Å²) in [7, 11) is 3.23. The van der Waals surface area contributed by atoms with Crippen molar-refractivity contribution in [1.29, 1.82) is 0 Å². The second kappa shape index (κ2) is 5.94. The molecule has 0 aliphatic heterocycles. The normalized spacial score (nSPS) is 11.0. The highest BCUT2D eigenvalue weighted by Gasteiger charge is 2.12. The van der Waals surface area contributed by atoms with Crippen molar-refractivity contribution in [3.8, 4) is 11.5 Å². The highest BCUT2D eigenvalue weighted by Crippen LogP contribution is 2.29. The Morgan fingerprint density at radius 2 is 1.76 bits per heavy atom. The Labute approximate surface area is 144 Å². The van der Waals surface area contributed by atoms with Crippen molar-refractivity contribution in [2.24, 2.45) is 0 Å². The minimum Gasteiger partial charge on any atom is -0.497 e. The van der Waals surface area contributed by atoms with E-state index in [4.69, 9.17) is 14.5 Å². The van der Waals surface area contributed by atoms with Crippen molar-refractivity contribution in [3.63, 3.8) is 0 Å². The fourth-order valence-corrected chi connectivity index (χ4v) is 2.76. The van der Waals surface area contributed by atoms with Crippen LogP contribution in [0.4, 0.5) is 11.5 Å². The van der Waals surface area contributed by atoms with Crippen molar-refractivity contribution >= 4 is 28.2 Å². The molecule has 126 valence electrons. The molecule has 2 aromatic carbocycles. The summed E-state index contributed by atoms with van der Waals surface area (Å²) < 4.78 is 12.6. The summed E-state index contributed by atoms with van der Waals surface area (Å²) in [4.78, 5) is 4.71. The van der Waals surface area contributed by atoms with Gasteiger partial charge < -0.3 is 14.8 Å². The Morgan fingerprint density at radius 3 is 2.48 bits per heavy atom. The molecule has 0 fully saturated rings. The van der Waals surface area contributed by atoms with Gasteiger partial charge >= 0.3 is 0 Å². The summed E-state index contributed by atoms with van der Waals surface area (Å²) in [5.74, 6) is 2.00. The SMILES string of the molecule is COc1cc(Nc2nc3ccc(C)cc3n3cnnc23)cc(OC)c1. The first kappa shape index (κ1) is 15.2. The van der Waals surface area contributed by atoms with Crippen molar-refractivity contribution < 1.29 is 9.47 Å². The van der Waals surface area contributed by atoms with Gasteiger partial charge in [-0.1, -0.05) is 6.07 Å². The van der Waals surface area contributed by atoms with Gasteiger partial charge in [-0.2, -0.15) is 0 Å². The van der Waals surface area contributed by atoms with Gasteiger partial charge in [0.05, 0.1) is 25.3 Å². The largest absolute Gasteiger partial charge is 0.497 e. The number of hydrogen-bond acceptors (Lipinski definition) is 6. The highest BCUT2D eigenvalue weighted by atomic mass is 16.5. The second-order valence-electron chi connectivity index (χ2n) is 5.70. The third-order valence-electron chi connectivity index (χ3n) is 4.00. The molecule has 0 atom stereocenters. The summed E-state index contributed by atoms with van der Waals surface area (Å²) in [6.45, 7) is 2.05. The van der Waals surface area contributed by atoms with Gasteiger partial charge in [0.2, 0.25) is 5.65 Å². The molecule has 0 saturated heterocycles. The fourth-order valence-electron chi connectivity index (χ4n) is 2.76. The van der Waals surface area contributed by atoms with Crippen LogP contribution in [0.1, 0.15) is 5.56 Å². The standard InChI is InChI=1S/C18H17N5O2/c1-11-4-5-15-16(6-11)23-10-19-22-18(23)17(21-15)20-12-7-13(24-2)9-14(8-12)25-3/h4-10H,1-3H3,(H,20,21). The van der Waals surface area contributed by atoms with Gasteiger partial charge in [-0.15, -0.1) is 10.2 Å². The number of rotatable bonds is 4. The van der Waals surface area contributed by atoms with Crippen LogP contribution in [0.5, 0.6) is 11.5 Å². The second-order valence-corrected chi connectivity index (χ2v) is 5.70. The lowest BCUT2D eigenvalue weighted by atomic mass is 10.2. The summed E-state index contributed by atoms with van der Waals surface area (Å²) >= 11 is 0. The Kier molecular flexibility index (Phi) is 3.61. The molecule has 0 aliphatic carbocycles. The van der Waals surface area contributed by atoms with Gasteiger partial charge in [-0.3, -0.25) is 4.40 Å². The van der Waals surface area contributed by atoms with Crippen LogP contribution in [-0.2, 0) is 0 Å². The number of nitrogens with zero attached hydrogens (tertiary/aromatic N) is 4. The summed E-state index contributed by atoms with van der Waals surface area (Å²) in [6.07, 6.45) is 1.69. The van der Waals surface area contributed by atoms with Crippen LogP contribution in [0, 0.1) is 6.92 Å². The van der Waals surface area contributed by atoms with Crippen LogP contribution >= 0.6 is 0 Å². The predicted molar refractivity (Wildman–Crippen MR) is 95.9 cm³/mol. The van der Waals surface area contributed by atoms with Crippen LogP contribution in [0.25, 0.3) is 16.7 Å². The topological polar surface area (TPSA) is 73.6 Å². The van der Waals surface area contributed by atoms with Crippen LogP contribution in [-0.4, -0.2) is 33.8 Å². The minimum absolute atomic E-state index is 0.615. The van der Waals surface area contributed by atoms with Gasteiger partial charge in [-0.05, 0) is 24.6 Å². The number of ether oxygens (including phenoxy) is 2. The number of fused-ring (bicyclic) bond motifs is 3. The maximum atomic E-state index is 5.32. The zero-order chi connectivity index (χ0) is 17.4. The Hall–Kier alpha value is -3.35. The summed E-state index contributed by atoms with van der Waals surface area (Å²) in [5, 5.41) is 11.5. The number of aromatic nitrogens is 4. The average molecular weight is 335 g/mol. The van der Waals surface area contributed by atoms with E-state index in [0.717, 1.165) is 22.3 Å². The number of hydrogen-bond donors (Lipinski definition) is 1. The first-order chi connectivity index (χ1) is 12.2. The molecule has 2 aromatic heterocycles. The van der Waals surface area contributed by atoms with E-state index < -0.39 is 0 Å². The van der Waals surface area contributed by atoms with Crippen molar-refractivity contribution in [1.82, 2.24) is 19.6 Å². The van der Waals surface area contributed by atoms with Crippen LogP contribution < -0.4 is 14.8 Å². The molecule has 0 saturated carbocycles. The molecule has 7 nitrogen and oxygen atoms in total. The average Bonchev–Trinajstić information content (AvgIpc) is 3.12. The van der Waals surface area contributed by atoms with Gasteiger partial charge in [0.25, 0.3) is 0 Å². The van der Waals surface area contributed by atoms with Crippen LogP contribution in [0.15, 0.2) is 42.7 Å². The Morgan fingerprint density at radius 1 is 1.00 bits per heavy atom. The molecule has 0 aliphatic rings. The summed E-state index contributed by atoms with van der Waals surface area (Å²) in [6, 6.07) is 11.6. The first-order valence-electron chi connectivity index (χ1n) is 7.78. The zero-order valence-corrected chi connectivity index (χ0v) is 14.1. The number of nitrogens with one attached hydrogen (secondary N) is 1. The van der Waals surface area contributed by atoms with Crippen molar-refractivity contribution in [2.45, 2.75) is 6.92 Å². The molecular weight excluding hydrogens is 318 g/mol. The lowest BCUT2D eigenvalue weighted by molar-refractivity contribution is 0.395. The smallest absolute Gasteiger partial charge is 0.204 e. The number of aryl methyl sites for hydroxylation is 1.